The summed E-state index contributed by atoms with van der Waals surface area (Å²) in [4.78, 5) is 31.0. The van der Waals surface area contributed by atoms with Crippen molar-refractivity contribution < 1.29 is 13.9 Å². The lowest BCUT2D eigenvalue weighted by molar-refractivity contribution is -0.126. The summed E-state index contributed by atoms with van der Waals surface area (Å²) in [5.74, 6) is 0.743. The number of likely N-dealkylation sites (tertiary alicyclic amines) is 1. The molecule has 41 heavy (non-hydrogen) atoms. The van der Waals surface area contributed by atoms with E-state index in [1.165, 1.54) is 18.6 Å². The monoisotopic (exact) mass is 578 g/mol. The average Bonchev–Trinajstić information content (AvgIpc) is 3.42. The molecule has 4 heterocycles. The Morgan fingerprint density at radius 2 is 1.88 bits per heavy atom. The molecule has 2 aromatic carbocycles. The fourth-order valence-electron chi connectivity index (χ4n) is 6.21. The number of halogens is 2. The molecule has 216 valence electrons. The molecule has 8 nitrogen and oxygen atoms in total. The minimum atomic E-state index is -0.639. The van der Waals surface area contributed by atoms with Gasteiger partial charge in [-0.2, -0.15) is 9.97 Å². The molecule has 1 aromatic heterocycles. The normalized spacial score (nSPS) is 19.8. The first-order valence-electron chi connectivity index (χ1n) is 14.4. The van der Waals surface area contributed by atoms with Gasteiger partial charge in [-0.25, -0.2) is 4.39 Å². The second kappa shape index (κ2) is 12.2. The van der Waals surface area contributed by atoms with Gasteiger partial charge in [-0.05, 0) is 56.4 Å². The van der Waals surface area contributed by atoms with Gasteiger partial charge in [-0.3, -0.25) is 4.79 Å². The number of ether oxygens (including phenoxy) is 1. The molecule has 1 unspecified atom stereocenters. The molecule has 6 rings (SSSR count). The number of rotatable bonds is 7. The lowest BCUT2D eigenvalue weighted by Gasteiger charge is -2.38. The van der Waals surface area contributed by atoms with E-state index in [1.54, 1.807) is 4.90 Å². The quantitative estimate of drug-likeness (QED) is 0.383. The van der Waals surface area contributed by atoms with Crippen LogP contribution in [0.4, 0.5) is 15.9 Å². The number of likely N-dealkylation sites (N-methyl/N-ethyl adjacent to an activating group) is 1. The van der Waals surface area contributed by atoms with Crippen LogP contribution in [0.5, 0.6) is 6.01 Å². The number of anilines is 2. The van der Waals surface area contributed by atoms with Crippen molar-refractivity contribution in [2.45, 2.75) is 31.8 Å². The van der Waals surface area contributed by atoms with Crippen molar-refractivity contribution in [1.82, 2.24) is 19.8 Å². The molecular formula is C31H36ClFN6O2. The molecule has 0 aliphatic carbocycles. The molecule has 0 radical (unpaired) electrons. The number of carbonyl (C=O) groups is 1. The topological polar surface area (TPSA) is 65.0 Å². The number of nitrogens with zero attached hydrogens (tertiary/aromatic N) is 6. The lowest BCUT2D eigenvalue weighted by atomic mass is 10.0. The van der Waals surface area contributed by atoms with Crippen LogP contribution in [0.15, 0.2) is 48.6 Å². The number of hydrogen-bond donors (Lipinski definition) is 0. The van der Waals surface area contributed by atoms with E-state index < -0.39 is 6.67 Å². The molecule has 2 fully saturated rings. The standard InChI is InChI=1S/C31H36ClFN6O2/c1-36-14-5-8-23(36)21-41-31-34-26-20-39(27-10-3-7-22-6-2-9-25(32)29(22)27)15-12-24(26)30(35-31)38-18-16-37(17-19-38)28(40)11-4-13-33/h2-4,6-7,9-11,23H,5,8,12-21H2,1H3/b11-4+. The number of benzene rings is 2. The average molecular weight is 579 g/mol. The van der Waals surface area contributed by atoms with Crippen molar-refractivity contribution in [3.05, 3.63) is 64.8 Å². The number of hydrogen-bond acceptors (Lipinski definition) is 7. The van der Waals surface area contributed by atoms with Gasteiger partial charge in [-0.1, -0.05) is 35.9 Å². The van der Waals surface area contributed by atoms with Crippen molar-refractivity contribution in [1.29, 1.82) is 0 Å². The van der Waals surface area contributed by atoms with E-state index in [4.69, 9.17) is 26.3 Å². The Morgan fingerprint density at radius 3 is 2.63 bits per heavy atom. The minimum absolute atomic E-state index is 0.152. The molecule has 2 saturated heterocycles. The number of allylic oxidation sites excluding steroid dienone is 1. The van der Waals surface area contributed by atoms with Gasteiger partial charge in [-0.15, -0.1) is 0 Å². The zero-order valence-electron chi connectivity index (χ0n) is 23.4. The summed E-state index contributed by atoms with van der Waals surface area (Å²) in [6.07, 6.45) is 5.65. The van der Waals surface area contributed by atoms with Crippen LogP contribution in [-0.4, -0.2) is 91.3 Å². The SMILES string of the molecule is CN1CCCC1COc1nc2c(c(N3CCN(C(=O)/C=C/CF)CC3)n1)CCN(c1cccc3cccc(Cl)c13)C2. The van der Waals surface area contributed by atoms with Crippen LogP contribution in [0.1, 0.15) is 24.1 Å². The highest BCUT2D eigenvalue weighted by atomic mass is 35.5. The summed E-state index contributed by atoms with van der Waals surface area (Å²) in [5, 5.41) is 2.91. The Morgan fingerprint density at radius 1 is 1.07 bits per heavy atom. The van der Waals surface area contributed by atoms with Crippen LogP contribution in [0.3, 0.4) is 0 Å². The molecule has 3 aliphatic heterocycles. The molecule has 0 spiro atoms. The maximum atomic E-state index is 12.5. The smallest absolute Gasteiger partial charge is 0.318 e. The van der Waals surface area contributed by atoms with Gasteiger partial charge in [0.15, 0.2) is 0 Å². The fraction of sp³-hybridized carbons (Fsp3) is 0.452. The van der Waals surface area contributed by atoms with E-state index in [-0.39, 0.29) is 5.91 Å². The van der Waals surface area contributed by atoms with Crippen molar-refractivity contribution in [3.8, 4) is 6.01 Å². The molecular weight excluding hydrogens is 543 g/mol. The van der Waals surface area contributed by atoms with Gasteiger partial charge < -0.3 is 24.3 Å². The highest BCUT2D eigenvalue weighted by molar-refractivity contribution is 6.36. The third-order valence-electron chi connectivity index (χ3n) is 8.51. The van der Waals surface area contributed by atoms with E-state index in [9.17, 15) is 9.18 Å². The second-order valence-electron chi connectivity index (χ2n) is 11.0. The summed E-state index contributed by atoms with van der Waals surface area (Å²) in [6.45, 7) is 4.83. The first-order chi connectivity index (χ1) is 20.0. The van der Waals surface area contributed by atoms with Crippen LogP contribution in [-0.2, 0) is 17.8 Å². The van der Waals surface area contributed by atoms with Gasteiger partial charge in [0, 0.05) is 61.5 Å². The second-order valence-corrected chi connectivity index (χ2v) is 11.4. The Balaban J connectivity index is 1.28. The van der Waals surface area contributed by atoms with E-state index in [0.717, 1.165) is 64.5 Å². The summed E-state index contributed by atoms with van der Waals surface area (Å²) in [5.41, 5.74) is 3.20. The fourth-order valence-corrected chi connectivity index (χ4v) is 6.49. The number of fused-ring (bicyclic) bond motifs is 2. The third kappa shape index (κ3) is 5.83. The maximum Gasteiger partial charge on any atom is 0.318 e. The first kappa shape index (κ1) is 27.7. The third-order valence-corrected chi connectivity index (χ3v) is 8.83. The molecule has 1 atom stereocenters. The Kier molecular flexibility index (Phi) is 8.25. The highest BCUT2D eigenvalue weighted by Gasteiger charge is 2.30. The predicted octanol–water partition coefficient (Wildman–Crippen LogP) is 4.49. The number of alkyl halides is 1. The predicted molar refractivity (Wildman–Crippen MR) is 161 cm³/mol. The van der Waals surface area contributed by atoms with Gasteiger partial charge >= 0.3 is 6.01 Å². The Hall–Kier alpha value is -3.43. The Bertz CT molecular complexity index is 1440. The van der Waals surface area contributed by atoms with Gasteiger partial charge in [0.25, 0.3) is 0 Å². The summed E-state index contributed by atoms with van der Waals surface area (Å²) in [7, 11) is 2.14. The van der Waals surface area contributed by atoms with Crippen molar-refractivity contribution in [3.63, 3.8) is 0 Å². The van der Waals surface area contributed by atoms with Gasteiger partial charge in [0.05, 0.1) is 17.3 Å². The van der Waals surface area contributed by atoms with Crippen LogP contribution < -0.4 is 14.5 Å². The Labute approximate surface area is 245 Å². The van der Waals surface area contributed by atoms with Crippen LogP contribution in [0, 0.1) is 0 Å². The van der Waals surface area contributed by atoms with E-state index in [1.807, 2.05) is 12.1 Å². The zero-order chi connectivity index (χ0) is 28.3. The largest absolute Gasteiger partial charge is 0.462 e. The van der Waals surface area contributed by atoms with E-state index in [0.29, 0.717) is 51.4 Å². The highest BCUT2D eigenvalue weighted by Crippen LogP contribution is 2.37. The maximum absolute atomic E-state index is 12.5. The van der Waals surface area contributed by atoms with Crippen LogP contribution in [0.2, 0.25) is 5.02 Å². The van der Waals surface area contributed by atoms with Crippen molar-refractivity contribution >= 4 is 39.8 Å². The van der Waals surface area contributed by atoms with Crippen LogP contribution >= 0.6 is 11.6 Å². The molecule has 1 amide bonds. The minimum Gasteiger partial charge on any atom is -0.462 e. The molecule has 3 aliphatic rings. The zero-order valence-corrected chi connectivity index (χ0v) is 24.2. The number of piperazine rings is 1. The van der Waals surface area contributed by atoms with Crippen molar-refractivity contribution in [2.75, 3.05) is 69.4 Å². The number of aromatic nitrogens is 2. The number of amides is 1. The first-order valence-corrected chi connectivity index (χ1v) is 14.8. The molecule has 3 aromatic rings. The van der Waals surface area contributed by atoms with Crippen molar-refractivity contribution in [2.24, 2.45) is 0 Å². The molecule has 0 saturated carbocycles. The molecule has 10 heteroatoms. The van der Waals surface area contributed by atoms with Gasteiger partial charge in [0.1, 0.15) is 19.1 Å². The van der Waals surface area contributed by atoms with E-state index >= 15 is 0 Å². The summed E-state index contributed by atoms with van der Waals surface area (Å²) in [6, 6.07) is 13.1. The van der Waals surface area contributed by atoms with E-state index in [2.05, 4.69) is 46.0 Å². The lowest BCUT2D eigenvalue weighted by Crippen LogP contribution is -2.49. The number of carbonyl (C=O) groups excluding carboxylic acids is 1. The summed E-state index contributed by atoms with van der Waals surface area (Å²) < 4.78 is 18.8. The molecule has 0 N–H and O–H groups in total. The van der Waals surface area contributed by atoms with Crippen LogP contribution in [0.25, 0.3) is 10.8 Å². The summed E-state index contributed by atoms with van der Waals surface area (Å²) >= 11 is 6.68. The van der Waals surface area contributed by atoms with Gasteiger partial charge in [0.2, 0.25) is 5.91 Å². The molecule has 0 bridgehead atoms.